The number of anilines is 1. The van der Waals surface area contributed by atoms with E-state index in [1.807, 2.05) is 13.8 Å². The summed E-state index contributed by atoms with van der Waals surface area (Å²) in [6, 6.07) is 1.44. The summed E-state index contributed by atoms with van der Waals surface area (Å²) in [4.78, 5) is 29.6. The molecule has 6 nitrogen and oxygen atoms in total. The van der Waals surface area contributed by atoms with Gasteiger partial charge in [0.2, 0.25) is 0 Å². The second kappa shape index (κ2) is 6.88. The van der Waals surface area contributed by atoms with Crippen LogP contribution in [0.2, 0.25) is 0 Å². The van der Waals surface area contributed by atoms with E-state index in [0.717, 1.165) is 0 Å². The largest absolute Gasteiger partial charge is 0.465 e. The first-order valence-electron chi connectivity index (χ1n) is 6.55. The van der Waals surface area contributed by atoms with Crippen molar-refractivity contribution in [1.29, 1.82) is 0 Å². The van der Waals surface area contributed by atoms with E-state index in [4.69, 9.17) is 10.5 Å². The van der Waals surface area contributed by atoms with Crippen molar-refractivity contribution in [3.63, 3.8) is 0 Å². The molecule has 0 fully saturated rings. The predicted molar refractivity (Wildman–Crippen MR) is 76.2 cm³/mol. The Morgan fingerprint density at radius 1 is 1.45 bits per heavy atom. The molecule has 1 heterocycles. The smallest absolute Gasteiger partial charge is 0.325 e. The van der Waals surface area contributed by atoms with Crippen molar-refractivity contribution in [2.45, 2.75) is 33.7 Å². The van der Waals surface area contributed by atoms with E-state index in [-0.39, 0.29) is 25.1 Å². The van der Waals surface area contributed by atoms with Crippen molar-refractivity contribution in [1.82, 2.24) is 9.88 Å². The predicted octanol–water partition coefficient (Wildman–Crippen LogP) is 1.39. The number of amides is 1. The first kappa shape index (κ1) is 15.9. The van der Waals surface area contributed by atoms with E-state index >= 15 is 0 Å². The van der Waals surface area contributed by atoms with E-state index in [2.05, 4.69) is 4.98 Å². The number of hydrogen-bond donors (Lipinski definition) is 1. The summed E-state index contributed by atoms with van der Waals surface area (Å²) in [5.74, 6) is -0.700. The highest BCUT2D eigenvalue weighted by atomic mass is 16.5. The van der Waals surface area contributed by atoms with Crippen LogP contribution in [0, 0.1) is 6.92 Å². The summed E-state index contributed by atoms with van der Waals surface area (Å²) in [6.07, 6.45) is 1.50. The molecule has 2 N–H and O–H groups in total. The van der Waals surface area contributed by atoms with Gasteiger partial charge in [-0.25, -0.2) is 0 Å². The maximum atomic E-state index is 12.5. The fourth-order valence-corrected chi connectivity index (χ4v) is 1.76. The van der Waals surface area contributed by atoms with Gasteiger partial charge in [0.15, 0.2) is 0 Å². The quantitative estimate of drug-likeness (QED) is 0.823. The number of aryl methyl sites for hydroxylation is 1. The number of carbonyl (C=O) groups excluding carboxylic acids is 2. The highest BCUT2D eigenvalue weighted by molar-refractivity contribution is 5.97. The molecule has 0 saturated carbocycles. The lowest BCUT2D eigenvalue weighted by molar-refractivity contribution is -0.144. The number of aromatic nitrogens is 1. The number of ether oxygens (including phenoxy) is 1. The van der Waals surface area contributed by atoms with Crippen molar-refractivity contribution in [2.75, 3.05) is 18.9 Å². The summed E-state index contributed by atoms with van der Waals surface area (Å²) in [6.45, 7) is 7.34. The Bertz CT molecular complexity index is 500. The van der Waals surface area contributed by atoms with Gasteiger partial charge in [-0.15, -0.1) is 0 Å². The number of rotatable bonds is 5. The highest BCUT2D eigenvalue weighted by Crippen LogP contribution is 2.14. The molecule has 1 amide bonds. The molecular formula is C14H21N3O3. The summed E-state index contributed by atoms with van der Waals surface area (Å²) in [5, 5.41) is 0. The lowest BCUT2D eigenvalue weighted by Gasteiger charge is -2.26. The average Bonchev–Trinajstić information content (AvgIpc) is 2.38. The Kier molecular flexibility index (Phi) is 5.49. The second-order valence-electron chi connectivity index (χ2n) is 4.73. The van der Waals surface area contributed by atoms with Crippen LogP contribution in [0.3, 0.4) is 0 Å². The Hall–Kier alpha value is -2.11. The molecular weight excluding hydrogens is 258 g/mol. The molecule has 6 heteroatoms. The van der Waals surface area contributed by atoms with Gasteiger partial charge in [0, 0.05) is 6.04 Å². The molecule has 1 rings (SSSR count). The van der Waals surface area contributed by atoms with E-state index in [0.29, 0.717) is 16.9 Å². The van der Waals surface area contributed by atoms with Crippen LogP contribution >= 0.6 is 0 Å². The molecule has 0 bridgehead atoms. The minimum atomic E-state index is -0.427. The second-order valence-corrected chi connectivity index (χ2v) is 4.73. The first-order chi connectivity index (χ1) is 9.36. The molecule has 0 saturated heterocycles. The topological polar surface area (TPSA) is 85.5 Å². The number of esters is 1. The van der Waals surface area contributed by atoms with Crippen molar-refractivity contribution in [3.8, 4) is 0 Å². The van der Waals surface area contributed by atoms with Crippen molar-refractivity contribution in [3.05, 3.63) is 23.5 Å². The molecule has 1 aromatic heterocycles. The summed E-state index contributed by atoms with van der Waals surface area (Å²) >= 11 is 0. The van der Waals surface area contributed by atoms with Crippen LogP contribution in [0.15, 0.2) is 12.3 Å². The molecule has 0 atom stereocenters. The third-order valence-electron chi connectivity index (χ3n) is 2.83. The third-order valence-corrected chi connectivity index (χ3v) is 2.83. The van der Waals surface area contributed by atoms with Gasteiger partial charge in [-0.05, 0) is 33.8 Å². The maximum absolute atomic E-state index is 12.5. The van der Waals surface area contributed by atoms with E-state index in [1.165, 1.54) is 11.1 Å². The zero-order chi connectivity index (χ0) is 15.3. The van der Waals surface area contributed by atoms with Crippen LogP contribution in [0.4, 0.5) is 5.69 Å². The third kappa shape index (κ3) is 3.94. The van der Waals surface area contributed by atoms with Crippen LogP contribution in [0.25, 0.3) is 0 Å². The standard InChI is InChI=1S/C14H21N3O3/c1-5-20-13(18)8-17(9(2)3)14(19)12-6-11(15)7-16-10(12)4/h6-7,9H,5,8,15H2,1-4H3. The summed E-state index contributed by atoms with van der Waals surface area (Å²) in [7, 11) is 0. The molecule has 0 aliphatic rings. The minimum absolute atomic E-state index is 0.0847. The Morgan fingerprint density at radius 2 is 2.10 bits per heavy atom. The fraction of sp³-hybridized carbons (Fsp3) is 0.500. The van der Waals surface area contributed by atoms with Crippen molar-refractivity contribution >= 4 is 17.6 Å². The van der Waals surface area contributed by atoms with Crippen LogP contribution in [-0.2, 0) is 9.53 Å². The fourth-order valence-electron chi connectivity index (χ4n) is 1.76. The zero-order valence-electron chi connectivity index (χ0n) is 12.3. The molecule has 20 heavy (non-hydrogen) atoms. The van der Waals surface area contributed by atoms with Gasteiger partial charge in [-0.3, -0.25) is 14.6 Å². The number of hydrogen-bond acceptors (Lipinski definition) is 5. The molecule has 1 aromatic rings. The normalized spacial score (nSPS) is 10.4. The zero-order valence-corrected chi connectivity index (χ0v) is 12.3. The van der Waals surface area contributed by atoms with Crippen molar-refractivity contribution < 1.29 is 14.3 Å². The van der Waals surface area contributed by atoms with Gasteiger partial charge >= 0.3 is 5.97 Å². The first-order valence-corrected chi connectivity index (χ1v) is 6.55. The minimum Gasteiger partial charge on any atom is -0.465 e. The van der Waals surface area contributed by atoms with Gasteiger partial charge in [0.25, 0.3) is 5.91 Å². The monoisotopic (exact) mass is 279 g/mol. The van der Waals surface area contributed by atoms with Crippen LogP contribution in [0.1, 0.15) is 36.8 Å². The SMILES string of the molecule is CCOC(=O)CN(C(=O)c1cc(N)cnc1C)C(C)C. The summed E-state index contributed by atoms with van der Waals surface area (Å²) in [5.41, 5.74) is 7.07. The highest BCUT2D eigenvalue weighted by Gasteiger charge is 2.24. The lowest BCUT2D eigenvalue weighted by Crippen LogP contribution is -2.41. The van der Waals surface area contributed by atoms with Gasteiger partial charge in [0.05, 0.1) is 29.7 Å². The van der Waals surface area contributed by atoms with E-state index in [9.17, 15) is 9.59 Å². The number of pyridine rings is 1. The maximum Gasteiger partial charge on any atom is 0.325 e. The van der Waals surface area contributed by atoms with Gasteiger partial charge in [-0.1, -0.05) is 0 Å². The van der Waals surface area contributed by atoms with Crippen LogP contribution < -0.4 is 5.73 Å². The Labute approximate surface area is 118 Å². The molecule has 0 aliphatic carbocycles. The number of nitrogens with zero attached hydrogens (tertiary/aromatic N) is 2. The molecule has 0 unspecified atom stereocenters. The van der Waals surface area contributed by atoms with Crippen LogP contribution in [-0.4, -0.2) is 41.0 Å². The molecule has 110 valence electrons. The molecule has 0 spiro atoms. The molecule has 0 radical (unpaired) electrons. The van der Waals surface area contributed by atoms with Gasteiger partial charge < -0.3 is 15.4 Å². The van der Waals surface area contributed by atoms with E-state index in [1.54, 1.807) is 19.9 Å². The van der Waals surface area contributed by atoms with Crippen molar-refractivity contribution in [2.24, 2.45) is 0 Å². The van der Waals surface area contributed by atoms with Gasteiger partial charge in [-0.2, -0.15) is 0 Å². The average molecular weight is 279 g/mol. The van der Waals surface area contributed by atoms with Crippen LogP contribution in [0.5, 0.6) is 0 Å². The Balaban J connectivity index is 2.99. The number of nitrogen functional groups attached to an aromatic ring is 1. The Morgan fingerprint density at radius 3 is 2.65 bits per heavy atom. The number of nitrogens with two attached hydrogens (primary N) is 1. The lowest BCUT2D eigenvalue weighted by atomic mass is 10.1. The summed E-state index contributed by atoms with van der Waals surface area (Å²) < 4.78 is 4.89. The molecule has 0 aromatic carbocycles. The molecule has 0 aliphatic heterocycles. The van der Waals surface area contributed by atoms with Gasteiger partial charge in [0.1, 0.15) is 6.54 Å². The number of carbonyl (C=O) groups is 2. The van der Waals surface area contributed by atoms with E-state index < -0.39 is 5.97 Å².